The average molecular weight is 275 g/mol. The van der Waals surface area contributed by atoms with Crippen molar-refractivity contribution in [2.24, 2.45) is 5.92 Å². The van der Waals surface area contributed by atoms with Crippen LogP contribution in [0.1, 0.15) is 51.6 Å². The van der Waals surface area contributed by atoms with Gasteiger partial charge in [0.2, 0.25) is 0 Å². The minimum atomic E-state index is 0.883. The third-order valence-corrected chi connectivity index (χ3v) is 4.21. The Morgan fingerprint density at radius 2 is 2.05 bits per heavy atom. The molecule has 0 aliphatic carbocycles. The van der Waals surface area contributed by atoms with Crippen LogP contribution in [0, 0.1) is 5.92 Å². The van der Waals surface area contributed by atoms with Crippen LogP contribution >= 0.6 is 0 Å². The molecule has 0 unspecified atom stereocenters. The van der Waals surface area contributed by atoms with E-state index in [0.29, 0.717) is 0 Å². The first-order chi connectivity index (χ1) is 9.83. The van der Waals surface area contributed by atoms with E-state index in [0.717, 1.165) is 24.7 Å². The monoisotopic (exact) mass is 275 g/mol. The molecule has 0 saturated carbocycles. The molecule has 1 N–H and O–H groups in total. The quantitative estimate of drug-likeness (QED) is 0.771. The molecular formula is C17H29N3. The van der Waals surface area contributed by atoms with Crippen molar-refractivity contribution in [3.63, 3.8) is 0 Å². The van der Waals surface area contributed by atoms with E-state index in [4.69, 9.17) is 0 Å². The molecule has 3 heteroatoms. The molecule has 0 aromatic carbocycles. The molecule has 1 aliphatic rings. The second-order valence-electron chi connectivity index (χ2n) is 5.90. The van der Waals surface area contributed by atoms with E-state index in [9.17, 15) is 0 Å². The lowest BCUT2D eigenvalue weighted by molar-refractivity contribution is 0.378. The molecule has 0 atom stereocenters. The first kappa shape index (κ1) is 15.3. The van der Waals surface area contributed by atoms with Gasteiger partial charge in [0, 0.05) is 31.5 Å². The van der Waals surface area contributed by atoms with E-state index in [1.54, 1.807) is 0 Å². The van der Waals surface area contributed by atoms with Gasteiger partial charge in [0.25, 0.3) is 0 Å². The van der Waals surface area contributed by atoms with Gasteiger partial charge in [-0.3, -0.25) is 4.98 Å². The third kappa shape index (κ3) is 4.48. The summed E-state index contributed by atoms with van der Waals surface area (Å²) in [6, 6.07) is 4.41. The van der Waals surface area contributed by atoms with Gasteiger partial charge in [-0.1, -0.05) is 26.7 Å². The average Bonchev–Trinajstić information content (AvgIpc) is 2.49. The molecule has 1 saturated heterocycles. The van der Waals surface area contributed by atoms with E-state index in [-0.39, 0.29) is 0 Å². The highest BCUT2D eigenvalue weighted by Crippen LogP contribution is 2.25. The van der Waals surface area contributed by atoms with Crippen LogP contribution < -0.4 is 10.2 Å². The van der Waals surface area contributed by atoms with E-state index in [1.165, 1.54) is 50.9 Å². The van der Waals surface area contributed by atoms with Crippen LogP contribution in [0.5, 0.6) is 0 Å². The maximum Gasteiger partial charge on any atom is 0.0562 e. The molecule has 1 fully saturated rings. The molecule has 2 heterocycles. The highest BCUT2D eigenvalue weighted by molar-refractivity contribution is 5.46. The Morgan fingerprint density at radius 3 is 2.75 bits per heavy atom. The third-order valence-electron chi connectivity index (χ3n) is 4.21. The maximum atomic E-state index is 4.46. The Bertz CT molecular complexity index is 384. The Hall–Kier alpha value is -1.09. The molecular weight excluding hydrogens is 246 g/mol. The standard InChI is InChI=1S/C17H29N3/c1-3-5-15-7-11-20(12-8-15)17-6-10-19-16(13-17)14-18-9-4-2/h6,10,13,15,18H,3-5,7-9,11-12,14H2,1-2H3. The van der Waals surface area contributed by atoms with Crippen LogP contribution in [0.25, 0.3) is 0 Å². The van der Waals surface area contributed by atoms with Crippen molar-refractivity contribution in [1.29, 1.82) is 0 Å². The number of aromatic nitrogens is 1. The minimum Gasteiger partial charge on any atom is -0.371 e. The van der Waals surface area contributed by atoms with Crippen LogP contribution in [-0.2, 0) is 6.54 Å². The maximum absolute atomic E-state index is 4.46. The van der Waals surface area contributed by atoms with E-state index in [2.05, 4.69) is 41.2 Å². The molecule has 2 rings (SSSR count). The minimum absolute atomic E-state index is 0.883. The lowest BCUT2D eigenvalue weighted by Gasteiger charge is -2.33. The number of anilines is 1. The van der Waals surface area contributed by atoms with Gasteiger partial charge in [-0.2, -0.15) is 0 Å². The normalized spacial score (nSPS) is 16.6. The van der Waals surface area contributed by atoms with Crippen LogP contribution in [0.2, 0.25) is 0 Å². The van der Waals surface area contributed by atoms with Gasteiger partial charge >= 0.3 is 0 Å². The molecule has 1 aliphatic heterocycles. The van der Waals surface area contributed by atoms with Crippen molar-refractivity contribution in [3.8, 4) is 0 Å². The highest BCUT2D eigenvalue weighted by Gasteiger charge is 2.18. The SMILES string of the molecule is CCCNCc1cc(N2CCC(CCC)CC2)ccn1. The number of nitrogens with one attached hydrogen (secondary N) is 1. The number of nitrogens with zero attached hydrogens (tertiary/aromatic N) is 2. The Labute approximate surface area is 123 Å². The second kappa shape index (κ2) is 8.25. The van der Waals surface area contributed by atoms with Crippen molar-refractivity contribution >= 4 is 5.69 Å². The van der Waals surface area contributed by atoms with E-state index in [1.807, 2.05) is 6.20 Å². The molecule has 0 bridgehead atoms. The summed E-state index contributed by atoms with van der Waals surface area (Å²) in [6.07, 6.45) is 8.55. The van der Waals surface area contributed by atoms with Gasteiger partial charge < -0.3 is 10.2 Å². The van der Waals surface area contributed by atoms with E-state index < -0.39 is 0 Å². The smallest absolute Gasteiger partial charge is 0.0562 e. The van der Waals surface area contributed by atoms with Crippen molar-refractivity contribution < 1.29 is 0 Å². The van der Waals surface area contributed by atoms with Crippen molar-refractivity contribution in [2.45, 2.75) is 52.5 Å². The summed E-state index contributed by atoms with van der Waals surface area (Å²) in [7, 11) is 0. The van der Waals surface area contributed by atoms with Gasteiger partial charge in [0.05, 0.1) is 5.69 Å². The first-order valence-electron chi connectivity index (χ1n) is 8.24. The molecule has 20 heavy (non-hydrogen) atoms. The largest absolute Gasteiger partial charge is 0.371 e. The van der Waals surface area contributed by atoms with Gasteiger partial charge in [-0.25, -0.2) is 0 Å². The number of piperidine rings is 1. The van der Waals surface area contributed by atoms with Gasteiger partial charge in [0.1, 0.15) is 0 Å². The molecule has 0 spiro atoms. The second-order valence-corrected chi connectivity index (χ2v) is 5.90. The fraction of sp³-hybridized carbons (Fsp3) is 0.706. The summed E-state index contributed by atoms with van der Waals surface area (Å²) in [5.74, 6) is 0.948. The Balaban J connectivity index is 1.87. The molecule has 1 aromatic heterocycles. The topological polar surface area (TPSA) is 28.2 Å². The predicted molar refractivity (Wildman–Crippen MR) is 86.1 cm³/mol. The molecule has 3 nitrogen and oxygen atoms in total. The van der Waals surface area contributed by atoms with Gasteiger partial charge in [0.15, 0.2) is 0 Å². The summed E-state index contributed by atoms with van der Waals surface area (Å²) in [6.45, 7) is 8.84. The molecule has 0 amide bonds. The lowest BCUT2D eigenvalue weighted by atomic mass is 9.92. The lowest BCUT2D eigenvalue weighted by Crippen LogP contribution is -2.33. The summed E-state index contributed by atoms with van der Waals surface area (Å²) in [4.78, 5) is 6.99. The number of hydrogen-bond donors (Lipinski definition) is 1. The Kier molecular flexibility index (Phi) is 6.31. The fourth-order valence-electron chi connectivity index (χ4n) is 3.04. The summed E-state index contributed by atoms with van der Waals surface area (Å²) < 4.78 is 0. The van der Waals surface area contributed by atoms with Crippen LogP contribution in [0.4, 0.5) is 5.69 Å². The summed E-state index contributed by atoms with van der Waals surface area (Å²) >= 11 is 0. The van der Waals surface area contributed by atoms with Gasteiger partial charge in [-0.15, -0.1) is 0 Å². The van der Waals surface area contributed by atoms with Crippen LogP contribution in [0.3, 0.4) is 0 Å². The highest BCUT2D eigenvalue weighted by atomic mass is 15.1. The number of hydrogen-bond acceptors (Lipinski definition) is 3. The number of rotatable bonds is 7. The van der Waals surface area contributed by atoms with Crippen LogP contribution in [0.15, 0.2) is 18.3 Å². The zero-order chi connectivity index (χ0) is 14.2. The Morgan fingerprint density at radius 1 is 1.25 bits per heavy atom. The zero-order valence-electron chi connectivity index (χ0n) is 13.1. The molecule has 0 radical (unpaired) electrons. The van der Waals surface area contributed by atoms with Crippen LogP contribution in [-0.4, -0.2) is 24.6 Å². The van der Waals surface area contributed by atoms with Gasteiger partial charge in [-0.05, 0) is 43.9 Å². The van der Waals surface area contributed by atoms with Crippen molar-refractivity contribution in [1.82, 2.24) is 10.3 Å². The zero-order valence-corrected chi connectivity index (χ0v) is 13.1. The van der Waals surface area contributed by atoms with E-state index >= 15 is 0 Å². The fourth-order valence-corrected chi connectivity index (χ4v) is 3.04. The number of pyridine rings is 1. The summed E-state index contributed by atoms with van der Waals surface area (Å²) in [5, 5.41) is 3.42. The predicted octanol–water partition coefficient (Wildman–Crippen LogP) is 3.60. The van der Waals surface area contributed by atoms with Crippen molar-refractivity contribution in [2.75, 3.05) is 24.5 Å². The summed E-state index contributed by atoms with van der Waals surface area (Å²) in [5.41, 5.74) is 2.51. The molecule has 112 valence electrons. The first-order valence-corrected chi connectivity index (χ1v) is 8.24. The molecule has 1 aromatic rings. The van der Waals surface area contributed by atoms with Crippen molar-refractivity contribution in [3.05, 3.63) is 24.0 Å².